The second kappa shape index (κ2) is 4.40. The largest absolute Gasteiger partial charge is 0.393 e. The lowest BCUT2D eigenvalue weighted by atomic mass is 10.2. The average molecular weight is 175 g/mol. The summed E-state index contributed by atoms with van der Waals surface area (Å²) in [7, 11) is 0. The number of carbonyl (C=O) groups excluding carboxylic acids is 1. The van der Waals surface area contributed by atoms with Crippen molar-refractivity contribution in [2.24, 2.45) is 0 Å². The van der Waals surface area contributed by atoms with Gasteiger partial charge in [0.15, 0.2) is 0 Å². The van der Waals surface area contributed by atoms with Crippen LogP contribution in [0.25, 0.3) is 0 Å². The number of aliphatic hydroxyl groups is 1. The molecule has 0 spiro atoms. The Balaban J connectivity index is 2.27. The van der Waals surface area contributed by atoms with E-state index in [-0.39, 0.29) is 12.3 Å². The predicted molar refractivity (Wildman–Crippen MR) is 42.4 cm³/mol. The van der Waals surface area contributed by atoms with Gasteiger partial charge in [-0.15, -0.1) is 0 Å². The number of halogens is 1. The van der Waals surface area contributed by atoms with Gasteiger partial charge in [-0.25, -0.2) is 4.39 Å². The standard InChI is InChI=1S/C8H14FNO2/c9-7(6-11)5-8(12)10-3-1-2-4-10/h7,11H,1-6H2/t7-/m1/s1. The number of likely N-dealkylation sites (tertiary alicyclic amines) is 1. The smallest absolute Gasteiger partial charge is 0.225 e. The summed E-state index contributed by atoms with van der Waals surface area (Å²) < 4.78 is 12.5. The van der Waals surface area contributed by atoms with Crippen LogP contribution in [-0.4, -0.2) is 41.8 Å². The Bertz CT molecular complexity index is 157. The van der Waals surface area contributed by atoms with E-state index in [2.05, 4.69) is 0 Å². The van der Waals surface area contributed by atoms with Crippen LogP contribution in [0.3, 0.4) is 0 Å². The minimum atomic E-state index is -1.39. The normalized spacial score (nSPS) is 19.7. The Morgan fingerprint density at radius 1 is 1.50 bits per heavy atom. The van der Waals surface area contributed by atoms with Gasteiger partial charge in [-0.1, -0.05) is 0 Å². The molecular formula is C8H14FNO2. The molecule has 1 aliphatic rings. The monoisotopic (exact) mass is 175 g/mol. The van der Waals surface area contributed by atoms with E-state index in [9.17, 15) is 9.18 Å². The maximum atomic E-state index is 12.5. The van der Waals surface area contributed by atoms with Crippen LogP contribution < -0.4 is 0 Å². The zero-order chi connectivity index (χ0) is 8.97. The van der Waals surface area contributed by atoms with Crippen molar-refractivity contribution in [1.82, 2.24) is 4.90 Å². The maximum absolute atomic E-state index is 12.5. The molecular weight excluding hydrogens is 161 g/mol. The summed E-state index contributed by atoms with van der Waals surface area (Å²) in [5.41, 5.74) is 0. The third kappa shape index (κ3) is 2.44. The lowest BCUT2D eigenvalue weighted by Gasteiger charge is -2.15. The van der Waals surface area contributed by atoms with Crippen LogP contribution in [0.5, 0.6) is 0 Å². The number of carbonyl (C=O) groups is 1. The quantitative estimate of drug-likeness (QED) is 0.671. The lowest BCUT2D eigenvalue weighted by molar-refractivity contribution is -0.131. The van der Waals surface area contributed by atoms with Crippen LogP contribution in [0.4, 0.5) is 4.39 Å². The number of hydrogen-bond acceptors (Lipinski definition) is 2. The van der Waals surface area contributed by atoms with Crippen molar-refractivity contribution in [3.05, 3.63) is 0 Å². The summed E-state index contributed by atoms with van der Waals surface area (Å²) in [4.78, 5) is 12.8. The fraction of sp³-hybridized carbons (Fsp3) is 0.875. The summed E-state index contributed by atoms with van der Waals surface area (Å²) >= 11 is 0. The molecule has 1 rings (SSSR count). The van der Waals surface area contributed by atoms with Gasteiger partial charge in [0.25, 0.3) is 0 Å². The topological polar surface area (TPSA) is 40.5 Å². The third-order valence-corrected chi connectivity index (χ3v) is 2.05. The van der Waals surface area contributed by atoms with Gasteiger partial charge < -0.3 is 10.0 Å². The van der Waals surface area contributed by atoms with Gasteiger partial charge in [0, 0.05) is 13.1 Å². The van der Waals surface area contributed by atoms with Gasteiger partial charge in [0.2, 0.25) is 5.91 Å². The van der Waals surface area contributed by atoms with E-state index in [4.69, 9.17) is 5.11 Å². The highest BCUT2D eigenvalue weighted by Crippen LogP contribution is 2.10. The number of nitrogens with zero attached hydrogens (tertiary/aromatic N) is 1. The van der Waals surface area contributed by atoms with E-state index in [1.807, 2.05) is 0 Å². The maximum Gasteiger partial charge on any atom is 0.225 e. The summed E-state index contributed by atoms with van der Waals surface area (Å²) in [6.07, 6.45) is 0.471. The van der Waals surface area contributed by atoms with E-state index in [0.29, 0.717) is 0 Å². The Hall–Kier alpha value is -0.640. The molecule has 70 valence electrons. The molecule has 1 atom stereocenters. The molecule has 1 amide bonds. The van der Waals surface area contributed by atoms with E-state index in [1.54, 1.807) is 4.90 Å². The summed E-state index contributed by atoms with van der Waals surface area (Å²) in [5.74, 6) is -0.172. The number of amides is 1. The molecule has 0 bridgehead atoms. The number of aliphatic hydroxyl groups excluding tert-OH is 1. The number of hydrogen-bond donors (Lipinski definition) is 1. The van der Waals surface area contributed by atoms with E-state index < -0.39 is 12.8 Å². The SMILES string of the molecule is O=C(C[C@@H](F)CO)N1CCCC1. The summed E-state index contributed by atoms with van der Waals surface area (Å²) in [5, 5.41) is 8.38. The van der Waals surface area contributed by atoms with Crippen molar-refractivity contribution >= 4 is 5.91 Å². The molecule has 1 heterocycles. The van der Waals surface area contributed by atoms with E-state index in [0.717, 1.165) is 25.9 Å². The zero-order valence-corrected chi connectivity index (χ0v) is 7.00. The minimum absolute atomic E-state index is 0.170. The van der Waals surface area contributed by atoms with Crippen LogP contribution in [0.1, 0.15) is 19.3 Å². The molecule has 0 aromatic rings. The first kappa shape index (κ1) is 9.45. The molecule has 0 unspecified atom stereocenters. The molecule has 4 heteroatoms. The molecule has 0 aliphatic carbocycles. The molecule has 0 aromatic carbocycles. The number of rotatable bonds is 3. The number of alkyl halides is 1. The molecule has 12 heavy (non-hydrogen) atoms. The Morgan fingerprint density at radius 2 is 2.08 bits per heavy atom. The summed E-state index contributed by atoms with van der Waals surface area (Å²) in [6, 6.07) is 0. The molecule has 1 saturated heterocycles. The zero-order valence-electron chi connectivity index (χ0n) is 7.00. The van der Waals surface area contributed by atoms with Gasteiger partial charge in [0.1, 0.15) is 6.17 Å². The van der Waals surface area contributed by atoms with Crippen LogP contribution in [0, 0.1) is 0 Å². The minimum Gasteiger partial charge on any atom is -0.393 e. The molecule has 3 nitrogen and oxygen atoms in total. The molecule has 0 radical (unpaired) electrons. The van der Waals surface area contributed by atoms with Crippen molar-refractivity contribution in [2.75, 3.05) is 19.7 Å². The Kier molecular flexibility index (Phi) is 3.47. The summed E-state index contributed by atoms with van der Waals surface area (Å²) in [6.45, 7) is 0.938. The fourth-order valence-electron chi connectivity index (χ4n) is 1.35. The van der Waals surface area contributed by atoms with E-state index in [1.165, 1.54) is 0 Å². The van der Waals surface area contributed by atoms with Gasteiger partial charge >= 0.3 is 0 Å². The fourth-order valence-corrected chi connectivity index (χ4v) is 1.35. The van der Waals surface area contributed by atoms with Crippen molar-refractivity contribution in [3.8, 4) is 0 Å². The van der Waals surface area contributed by atoms with Crippen LogP contribution in [-0.2, 0) is 4.79 Å². The van der Waals surface area contributed by atoms with Gasteiger partial charge in [-0.05, 0) is 12.8 Å². The first-order chi connectivity index (χ1) is 5.74. The van der Waals surface area contributed by atoms with Crippen molar-refractivity contribution < 1.29 is 14.3 Å². The Morgan fingerprint density at radius 3 is 2.58 bits per heavy atom. The predicted octanol–water partition coefficient (Wildman–Crippen LogP) is 0.329. The molecule has 1 N–H and O–H groups in total. The highest BCUT2D eigenvalue weighted by atomic mass is 19.1. The second-order valence-corrected chi connectivity index (χ2v) is 3.07. The van der Waals surface area contributed by atoms with Gasteiger partial charge in [0.05, 0.1) is 13.0 Å². The average Bonchev–Trinajstić information content (AvgIpc) is 2.56. The van der Waals surface area contributed by atoms with Crippen LogP contribution >= 0.6 is 0 Å². The second-order valence-electron chi connectivity index (χ2n) is 3.07. The van der Waals surface area contributed by atoms with E-state index >= 15 is 0 Å². The first-order valence-corrected chi connectivity index (χ1v) is 4.26. The molecule has 1 fully saturated rings. The van der Waals surface area contributed by atoms with Crippen molar-refractivity contribution in [2.45, 2.75) is 25.4 Å². The third-order valence-electron chi connectivity index (χ3n) is 2.05. The van der Waals surface area contributed by atoms with Crippen LogP contribution in [0.15, 0.2) is 0 Å². The highest BCUT2D eigenvalue weighted by molar-refractivity contribution is 5.76. The van der Waals surface area contributed by atoms with Crippen molar-refractivity contribution in [1.29, 1.82) is 0 Å². The van der Waals surface area contributed by atoms with Gasteiger partial charge in [-0.2, -0.15) is 0 Å². The lowest BCUT2D eigenvalue weighted by Crippen LogP contribution is -2.30. The first-order valence-electron chi connectivity index (χ1n) is 4.26. The molecule has 0 saturated carbocycles. The molecule has 0 aromatic heterocycles. The Labute approximate surface area is 71.2 Å². The van der Waals surface area contributed by atoms with Gasteiger partial charge in [-0.3, -0.25) is 4.79 Å². The van der Waals surface area contributed by atoms with Crippen molar-refractivity contribution in [3.63, 3.8) is 0 Å². The molecule has 1 aliphatic heterocycles. The van der Waals surface area contributed by atoms with Crippen LogP contribution in [0.2, 0.25) is 0 Å². The highest BCUT2D eigenvalue weighted by Gasteiger charge is 2.20.